The van der Waals surface area contributed by atoms with Gasteiger partial charge in [-0.2, -0.15) is 5.10 Å². The molecule has 0 unspecified atom stereocenters. The maximum atomic E-state index is 14.6. The van der Waals surface area contributed by atoms with E-state index in [2.05, 4.69) is 38.1 Å². The van der Waals surface area contributed by atoms with E-state index in [4.69, 9.17) is 4.98 Å². The molecule has 0 saturated carbocycles. The highest BCUT2D eigenvalue weighted by Crippen LogP contribution is 2.37. The van der Waals surface area contributed by atoms with Crippen LogP contribution in [0.25, 0.3) is 5.65 Å². The SMILES string of the molecule is O=C1CC[C@H](Nc2ccc(C3CCN(CCCCCCCCNC(=O)c4cnn5ccc(N6CCC[C@@H]6c6cc(F)ccc6F)nc45)CC3)cc2)C(=O)N1. The minimum atomic E-state index is -0.468. The molecule has 0 spiro atoms. The van der Waals surface area contributed by atoms with Crippen molar-refractivity contribution < 1.29 is 23.2 Å². The Kier molecular flexibility index (Phi) is 12.1. The zero-order valence-electron chi connectivity index (χ0n) is 30.7. The number of nitrogens with zero attached hydrogens (tertiary/aromatic N) is 5. The highest BCUT2D eigenvalue weighted by Gasteiger charge is 2.31. The number of imide groups is 1. The van der Waals surface area contributed by atoms with Crippen LogP contribution in [0, 0.1) is 11.6 Å². The maximum Gasteiger partial charge on any atom is 0.256 e. The maximum absolute atomic E-state index is 14.6. The predicted molar refractivity (Wildman–Crippen MR) is 203 cm³/mol. The van der Waals surface area contributed by atoms with Crippen molar-refractivity contribution in [1.29, 1.82) is 0 Å². The van der Waals surface area contributed by atoms with Crippen molar-refractivity contribution in [1.82, 2.24) is 30.1 Å². The molecule has 11 nitrogen and oxygen atoms in total. The molecular formula is C41H50F2N8O3. The molecule has 13 heteroatoms. The zero-order valence-corrected chi connectivity index (χ0v) is 30.7. The smallest absolute Gasteiger partial charge is 0.256 e. The van der Waals surface area contributed by atoms with Gasteiger partial charge in [0, 0.05) is 37.0 Å². The molecule has 3 N–H and O–H groups in total. The molecule has 0 aliphatic carbocycles. The quantitative estimate of drug-likeness (QED) is 0.0931. The summed E-state index contributed by atoms with van der Waals surface area (Å²) in [5, 5.41) is 13.0. The number of hydrogen-bond acceptors (Lipinski definition) is 8. The normalized spacial score (nSPS) is 19.7. The first-order valence-electron chi connectivity index (χ1n) is 19.6. The fourth-order valence-corrected chi connectivity index (χ4v) is 8.15. The van der Waals surface area contributed by atoms with Gasteiger partial charge in [0.15, 0.2) is 5.65 Å². The Morgan fingerprint density at radius 3 is 2.46 bits per heavy atom. The molecule has 3 amide bonds. The molecule has 54 heavy (non-hydrogen) atoms. The van der Waals surface area contributed by atoms with Crippen molar-refractivity contribution in [3.63, 3.8) is 0 Å². The Hall–Kier alpha value is -4.91. The van der Waals surface area contributed by atoms with Crippen LogP contribution in [0.4, 0.5) is 20.3 Å². The minimum Gasteiger partial charge on any atom is -0.374 e. The number of fused-ring (bicyclic) bond motifs is 1. The number of amides is 3. The summed E-state index contributed by atoms with van der Waals surface area (Å²) >= 11 is 0. The fourth-order valence-electron chi connectivity index (χ4n) is 8.15. The third-order valence-electron chi connectivity index (χ3n) is 11.2. The molecule has 7 rings (SSSR count). The molecule has 3 saturated heterocycles. The van der Waals surface area contributed by atoms with Gasteiger partial charge in [-0.3, -0.25) is 19.7 Å². The van der Waals surface area contributed by atoms with E-state index in [1.165, 1.54) is 43.2 Å². The van der Waals surface area contributed by atoms with Crippen LogP contribution in [0.1, 0.15) is 110 Å². The molecule has 2 atom stereocenters. The van der Waals surface area contributed by atoms with Gasteiger partial charge in [0.05, 0.1) is 12.2 Å². The topological polar surface area (TPSA) is 124 Å². The van der Waals surface area contributed by atoms with E-state index in [0.29, 0.717) is 60.9 Å². The second kappa shape index (κ2) is 17.5. The van der Waals surface area contributed by atoms with Gasteiger partial charge >= 0.3 is 0 Å². The van der Waals surface area contributed by atoms with Gasteiger partial charge in [-0.1, -0.05) is 37.8 Å². The number of nitrogens with one attached hydrogen (secondary N) is 3. The predicted octanol–water partition coefficient (Wildman–Crippen LogP) is 6.52. The third-order valence-corrected chi connectivity index (χ3v) is 11.2. The van der Waals surface area contributed by atoms with Crippen LogP contribution >= 0.6 is 0 Å². The standard InChI is InChI=1S/C41H50F2N8O3/c42-30-11-14-34(43)32(26-30)36-8-7-22-50(36)37-19-25-51-39(47-37)33(27-45-51)40(53)44-20-5-3-1-2-4-6-21-49-23-17-29(18-24-49)28-9-12-31(13-10-28)46-35-15-16-38(52)48-41(35)54/h9-14,19,25-27,29,35-36,46H,1-8,15-18,20-24H2,(H,44,53)(H,48,52,54)/t35-,36+/m0/s1. The lowest BCUT2D eigenvalue weighted by Gasteiger charge is -2.32. The monoisotopic (exact) mass is 740 g/mol. The molecule has 2 aromatic heterocycles. The Morgan fingerprint density at radius 1 is 0.889 bits per heavy atom. The first-order chi connectivity index (χ1) is 26.3. The number of hydrogen-bond donors (Lipinski definition) is 3. The summed E-state index contributed by atoms with van der Waals surface area (Å²) in [6.07, 6.45) is 14.6. The van der Waals surface area contributed by atoms with Crippen molar-refractivity contribution in [2.24, 2.45) is 0 Å². The fraction of sp³-hybridized carbons (Fsp3) is 0.488. The summed E-state index contributed by atoms with van der Waals surface area (Å²) < 4.78 is 30.2. The lowest BCUT2D eigenvalue weighted by Crippen LogP contribution is -2.47. The third kappa shape index (κ3) is 9.06. The van der Waals surface area contributed by atoms with Crippen molar-refractivity contribution in [3.8, 4) is 0 Å². The molecule has 3 aliphatic heterocycles. The summed E-state index contributed by atoms with van der Waals surface area (Å²) in [7, 11) is 0. The molecule has 3 fully saturated rings. The zero-order chi connectivity index (χ0) is 37.4. The van der Waals surface area contributed by atoms with E-state index < -0.39 is 11.6 Å². The molecule has 0 bridgehead atoms. The molecule has 5 heterocycles. The number of unbranched alkanes of at least 4 members (excludes halogenated alkanes) is 5. The average Bonchev–Trinajstić information content (AvgIpc) is 3.84. The summed E-state index contributed by atoms with van der Waals surface area (Å²) in [6.45, 7) is 4.59. The van der Waals surface area contributed by atoms with Crippen molar-refractivity contribution in [2.75, 3.05) is 42.9 Å². The average molecular weight is 741 g/mol. The van der Waals surface area contributed by atoms with Gasteiger partial charge in [0.2, 0.25) is 11.8 Å². The van der Waals surface area contributed by atoms with E-state index >= 15 is 0 Å². The number of rotatable bonds is 15. The number of benzene rings is 2. The lowest BCUT2D eigenvalue weighted by molar-refractivity contribution is -0.133. The minimum absolute atomic E-state index is 0.203. The summed E-state index contributed by atoms with van der Waals surface area (Å²) in [4.78, 5) is 45.9. The Bertz CT molecular complexity index is 1930. The Morgan fingerprint density at radius 2 is 1.67 bits per heavy atom. The second-order valence-corrected chi connectivity index (χ2v) is 14.9. The first-order valence-corrected chi connectivity index (χ1v) is 19.6. The molecule has 4 aromatic rings. The number of piperidine rings is 2. The van der Waals surface area contributed by atoms with E-state index in [-0.39, 0.29) is 29.8 Å². The van der Waals surface area contributed by atoms with Crippen LogP contribution in [0.3, 0.4) is 0 Å². The number of aromatic nitrogens is 3. The van der Waals surface area contributed by atoms with E-state index in [1.54, 1.807) is 16.8 Å². The van der Waals surface area contributed by atoms with Gasteiger partial charge in [-0.05, 0) is 112 Å². The van der Waals surface area contributed by atoms with Crippen molar-refractivity contribution in [3.05, 3.63) is 89.2 Å². The van der Waals surface area contributed by atoms with Crippen molar-refractivity contribution in [2.45, 2.75) is 95.1 Å². The van der Waals surface area contributed by atoms with E-state index in [0.717, 1.165) is 69.9 Å². The Balaban J connectivity index is 0.768. The number of carbonyl (C=O) groups is 3. The van der Waals surface area contributed by atoms with Crippen LogP contribution < -0.4 is 20.9 Å². The molecule has 286 valence electrons. The summed E-state index contributed by atoms with van der Waals surface area (Å²) in [6, 6.07) is 13.1. The van der Waals surface area contributed by atoms with Crippen molar-refractivity contribution >= 4 is 34.9 Å². The van der Waals surface area contributed by atoms with Crippen LogP contribution in [-0.4, -0.2) is 76.0 Å². The molecule has 3 aliphatic rings. The highest BCUT2D eigenvalue weighted by molar-refractivity contribution is 6.01. The molecule has 0 radical (unpaired) electrons. The molecular weight excluding hydrogens is 690 g/mol. The first kappa shape index (κ1) is 37.4. The van der Waals surface area contributed by atoms with E-state index in [1.807, 2.05) is 17.0 Å². The van der Waals surface area contributed by atoms with Crippen LogP contribution in [-0.2, 0) is 9.59 Å². The van der Waals surface area contributed by atoms with Crippen LogP contribution in [0.15, 0.2) is 60.9 Å². The van der Waals surface area contributed by atoms with Gasteiger partial charge in [0.1, 0.15) is 29.1 Å². The summed E-state index contributed by atoms with van der Waals surface area (Å²) in [5.41, 5.74) is 3.41. The van der Waals surface area contributed by atoms with Gasteiger partial charge < -0.3 is 20.4 Å². The highest BCUT2D eigenvalue weighted by atomic mass is 19.1. The second-order valence-electron chi connectivity index (χ2n) is 14.9. The van der Waals surface area contributed by atoms with E-state index in [9.17, 15) is 23.2 Å². The number of anilines is 2. The number of halogens is 2. The van der Waals surface area contributed by atoms with Gasteiger partial charge in [0.25, 0.3) is 5.91 Å². The molecule has 2 aromatic carbocycles. The van der Waals surface area contributed by atoms with Crippen LogP contribution in [0.5, 0.6) is 0 Å². The van der Waals surface area contributed by atoms with Gasteiger partial charge in [-0.25, -0.2) is 18.3 Å². The largest absolute Gasteiger partial charge is 0.374 e. The number of carbonyl (C=O) groups excluding carboxylic acids is 3. The lowest BCUT2D eigenvalue weighted by atomic mass is 9.89. The van der Waals surface area contributed by atoms with Gasteiger partial charge in [-0.15, -0.1) is 0 Å². The van der Waals surface area contributed by atoms with Crippen LogP contribution in [0.2, 0.25) is 0 Å². The summed E-state index contributed by atoms with van der Waals surface area (Å²) in [5.74, 6) is -0.413. The number of likely N-dealkylation sites (tertiary alicyclic amines) is 1. The Labute approximate surface area is 314 Å².